The predicted octanol–water partition coefficient (Wildman–Crippen LogP) is 2.53. The quantitative estimate of drug-likeness (QED) is 0.681. The lowest BCUT2D eigenvalue weighted by Crippen LogP contribution is -2.16. The molecule has 0 atom stereocenters. The molecule has 1 N–H and O–H groups in total. The van der Waals surface area contributed by atoms with Gasteiger partial charge in [0.25, 0.3) is 0 Å². The maximum absolute atomic E-state index is 12.1. The first-order chi connectivity index (χ1) is 9.66. The van der Waals surface area contributed by atoms with E-state index in [1.807, 2.05) is 0 Å². The molecule has 1 aliphatic rings. The van der Waals surface area contributed by atoms with Gasteiger partial charge >= 0.3 is 5.69 Å². The number of carbonyl (C=O) groups excluding carboxylic acids is 1. The lowest BCUT2D eigenvalue weighted by molar-refractivity contribution is 0.102. The number of benzene rings is 1. The van der Waals surface area contributed by atoms with Crippen molar-refractivity contribution in [3.8, 4) is 0 Å². The van der Waals surface area contributed by atoms with Gasteiger partial charge in [0, 0.05) is 11.6 Å². The molecule has 0 unspecified atom stereocenters. The van der Waals surface area contributed by atoms with E-state index in [4.69, 9.17) is 11.6 Å². The first-order valence-corrected chi connectivity index (χ1v) is 7.60. The average molecular weight is 310 g/mol. The summed E-state index contributed by atoms with van der Waals surface area (Å²) in [5.74, 6) is 0.138. The molecule has 3 rings (SSSR count). The number of aromatic amines is 1. The minimum absolute atomic E-state index is 0.0709. The van der Waals surface area contributed by atoms with E-state index in [2.05, 4.69) is 10.2 Å². The molecule has 104 valence electrons. The summed E-state index contributed by atoms with van der Waals surface area (Å²) in [5, 5.41) is 7.41. The van der Waals surface area contributed by atoms with Crippen LogP contribution in [0.2, 0.25) is 5.02 Å². The Morgan fingerprint density at radius 1 is 1.45 bits per heavy atom. The molecule has 1 heterocycles. The number of rotatable bonds is 5. The number of carbonyl (C=O) groups is 1. The van der Waals surface area contributed by atoms with E-state index in [1.165, 1.54) is 11.8 Å². The van der Waals surface area contributed by atoms with Crippen molar-refractivity contribution in [2.24, 2.45) is 0 Å². The summed E-state index contributed by atoms with van der Waals surface area (Å²) in [6.07, 6.45) is 1.98. The maximum atomic E-state index is 12.1. The summed E-state index contributed by atoms with van der Waals surface area (Å²) in [5.41, 5.74) is 0.290. The molecule has 1 aromatic heterocycles. The summed E-state index contributed by atoms with van der Waals surface area (Å²) in [6.45, 7) is 0. The monoisotopic (exact) mass is 309 g/mol. The minimum Gasteiger partial charge on any atom is -0.293 e. The third-order valence-corrected chi connectivity index (χ3v) is 4.37. The van der Waals surface area contributed by atoms with Gasteiger partial charge in [-0.05, 0) is 25.0 Å². The van der Waals surface area contributed by atoms with Crippen molar-refractivity contribution in [3.05, 3.63) is 45.3 Å². The summed E-state index contributed by atoms with van der Waals surface area (Å²) in [6, 6.07) is 7.18. The van der Waals surface area contributed by atoms with Crippen LogP contribution in [0.15, 0.2) is 34.2 Å². The van der Waals surface area contributed by atoms with Crippen LogP contribution >= 0.6 is 23.4 Å². The molecular formula is C13H12ClN3O2S. The number of hydrogen-bond donors (Lipinski definition) is 1. The summed E-state index contributed by atoms with van der Waals surface area (Å²) < 4.78 is 1.63. The summed E-state index contributed by atoms with van der Waals surface area (Å²) >= 11 is 7.25. The van der Waals surface area contributed by atoms with Crippen LogP contribution < -0.4 is 5.69 Å². The van der Waals surface area contributed by atoms with Crippen LogP contribution in [0, 0.1) is 0 Å². The Bertz CT molecular complexity index is 706. The van der Waals surface area contributed by atoms with Gasteiger partial charge in [0.1, 0.15) is 0 Å². The molecule has 1 aromatic carbocycles. The Labute approximate surface area is 124 Å². The Morgan fingerprint density at radius 3 is 2.90 bits per heavy atom. The molecule has 0 amide bonds. The van der Waals surface area contributed by atoms with Gasteiger partial charge in [-0.2, -0.15) is 0 Å². The van der Waals surface area contributed by atoms with Crippen LogP contribution in [0.5, 0.6) is 0 Å². The van der Waals surface area contributed by atoms with Crippen molar-refractivity contribution in [1.82, 2.24) is 14.8 Å². The number of hydrogen-bond acceptors (Lipinski definition) is 4. The largest absolute Gasteiger partial charge is 0.344 e. The summed E-state index contributed by atoms with van der Waals surface area (Å²) in [7, 11) is 0. The third kappa shape index (κ3) is 2.66. The highest BCUT2D eigenvalue weighted by molar-refractivity contribution is 7.99. The molecule has 0 aliphatic heterocycles. The Kier molecular flexibility index (Phi) is 3.67. The number of halogens is 1. The van der Waals surface area contributed by atoms with Crippen molar-refractivity contribution < 1.29 is 4.79 Å². The lowest BCUT2D eigenvalue weighted by atomic mass is 10.1. The molecule has 0 bridgehead atoms. The zero-order valence-corrected chi connectivity index (χ0v) is 12.1. The van der Waals surface area contributed by atoms with Crippen LogP contribution in [0.4, 0.5) is 0 Å². The molecule has 1 aliphatic carbocycles. The van der Waals surface area contributed by atoms with E-state index < -0.39 is 0 Å². The second-order valence-corrected chi connectivity index (χ2v) is 5.95. The standard InChI is InChI=1S/C13H12ClN3O2S/c14-10-4-2-1-3-9(10)11(18)7-20-13-16-15-12(19)17(13)8-5-6-8/h1-4,8H,5-7H2,(H,15,19). The number of Topliss-reactive ketones (excluding diaryl/α,β-unsaturated/α-hetero) is 1. The minimum atomic E-state index is -0.208. The molecule has 2 aromatic rings. The molecule has 0 radical (unpaired) electrons. The first kappa shape index (κ1) is 13.5. The Hall–Kier alpha value is -1.53. The van der Waals surface area contributed by atoms with Crippen LogP contribution in [0.3, 0.4) is 0 Å². The highest BCUT2D eigenvalue weighted by Crippen LogP contribution is 2.36. The SMILES string of the molecule is O=C(CSc1n[nH]c(=O)n1C1CC1)c1ccccc1Cl. The molecule has 0 spiro atoms. The second kappa shape index (κ2) is 5.46. The number of thioether (sulfide) groups is 1. The van der Waals surface area contributed by atoms with Gasteiger partial charge in [0.15, 0.2) is 10.9 Å². The zero-order valence-electron chi connectivity index (χ0n) is 10.5. The van der Waals surface area contributed by atoms with Gasteiger partial charge in [-0.15, -0.1) is 5.10 Å². The molecule has 20 heavy (non-hydrogen) atoms. The van der Waals surface area contributed by atoms with Crippen LogP contribution in [0.25, 0.3) is 0 Å². The van der Waals surface area contributed by atoms with E-state index in [0.29, 0.717) is 15.7 Å². The first-order valence-electron chi connectivity index (χ1n) is 6.24. The number of nitrogens with one attached hydrogen (secondary N) is 1. The number of nitrogens with zero attached hydrogens (tertiary/aromatic N) is 2. The summed E-state index contributed by atoms with van der Waals surface area (Å²) in [4.78, 5) is 23.7. The van der Waals surface area contributed by atoms with E-state index in [-0.39, 0.29) is 23.3 Å². The zero-order chi connectivity index (χ0) is 14.1. The fourth-order valence-electron chi connectivity index (χ4n) is 1.94. The van der Waals surface area contributed by atoms with Crippen molar-refractivity contribution in [2.45, 2.75) is 24.0 Å². The fraction of sp³-hybridized carbons (Fsp3) is 0.308. The molecule has 1 fully saturated rings. The van der Waals surface area contributed by atoms with E-state index >= 15 is 0 Å². The lowest BCUT2D eigenvalue weighted by Gasteiger charge is -2.04. The van der Waals surface area contributed by atoms with Gasteiger partial charge in [-0.3, -0.25) is 9.36 Å². The maximum Gasteiger partial charge on any atom is 0.344 e. The number of ketones is 1. The van der Waals surface area contributed by atoms with Gasteiger partial charge < -0.3 is 0 Å². The second-order valence-electron chi connectivity index (χ2n) is 4.60. The van der Waals surface area contributed by atoms with Gasteiger partial charge in [0.05, 0.1) is 10.8 Å². The highest BCUT2D eigenvalue weighted by Gasteiger charge is 2.28. The van der Waals surface area contributed by atoms with Gasteiger partial charge in [0.2, 0.25) is 0 Å². The third-order valence-electron chi connectivity index (χ3n) is 3.09. The smallest absolute Gasteiger partial charge is 0.293 e. The van der Waals surface area contributed by atoms with E-state index in [9.17, 15) is 9.59 Å². The Morgan fingerprint density at radius 2 is 2.20 bits per heavy atom. The molecule has 1 saturated carbocycles. The topological polar surface area (TPSA) is 67.8 Å². The number of aromatic nitrogens is 3. The van der Waals surface area contributed by atoms with Crippen molar-refractivity contribution >= 4 is 29.1 Å². The predicted molar refractivity (Wildman–Crippen MR) is 77.6 cm³/mol. The Balaban J connectivity index is 1.73. The fourth-order valence-corrected chi connectivity index (χ4v) is 3.08. The molecular weight excluding hydrogens is 298 g/mol. The molecule has 0 saturated heterocycles. The van der Waals surface area contributed by atoms with Gasteiger partial charge in [-0.1, -0.05) is 35.5 Å². The van der Waals surface area contributed by atoms with E-state index in [1.54, 1.807) is 28.8 Å². The van der Waals surface area contributed by atoms with Crippen LogP contribution in [-0.2, 0) is 0 Å². The normalized spacial score (nSPS) is 14.4. The van der Waals surface area contributed by atoms with Crippen molar-refractivity contribution in [3.63, 3.8) is 0 Å². The number of H-pyrrole nitrogens is 1. The van der Waals surface area contributed by atoms with Crippen molar-refractivity contribution in [1.29, 1.82) is 0 Å². The van der Waals surface area contributed by atoms with Gasteiger partial charge in [-0.25, -0.2) is 9.89 Å². The average Bonchev–Trinajstić information content (AvgIpc) is 3.20. The van der Waals surface area contributed by atoms with Crippen LogP contribution in [-0.4, -0.2) is 26.3 Å². The van der Waals surface area contributed by atoms with Crippen molar-refractivity contribution in [2.75, 3.05) is 5.75 Å². The highest BCUT2D eigenvalue weighted by atomic mass is 35.5. The molecule has 7 heteroatoms. The van der Waals surface area contributed by atoms with Crippen LogP contribution in [0.1, 0.15) is 29.2 Å². The molecule has 5 nitrogen and oxygen atoms in total. The van der Waals surface area contributed by atoms with E-state index in [0.717, 1.165) is 12.8 Å².